The number of halogens is 3. The van der Waals surface area contributed by atoms with Gasteiger partial charge in [0.1, 0.15) is 0 Å². The zero-order valence-corrected chi connectivity index (χ0v) is 12.5. The summed E-state index contributed by atoms with van der Waals surface area (Å²) in [6.45, 7) is 0.686. The van der Waals surface area contributed by atoms with Crippen LogP contribution in [0.3, 0.4) is 0 Å². The Balaban J connectivity index is 1.72. The molecule has 0 saturated carbocycles. The molecule has 2 rings (SSSR count). The first kappa shape index (κ1) is 16.9. The lowest BCUT2D eigenvalue weighted by Crippen LogP contribution is -2.36. The van der Waals surface area contributed by atoms with E-state index in [4.69, 9.17) is 0 Å². The van der Waals surface area contributed by atoms with Crippen LogP contribution in [0.2, 0.25) is 0 Å². The van der Waals surface area contributed by atoms with Crippen molar-refractivity contribution in [2.45, 2.75) is 19.1 Å². The minimum Gasteiger partial charge on any atom is -0.338 e. The van der Waals surface area contributed by atoms with E-state index in [0.717, 1.165) is 23.4 Å². The van der Waals surface area contributed by atoms with E-state index in [1.807, 2.05) is 0 Å². The van der Waals surface area contributed by atoms with Crippen LogP contribution in [0.1, 0.15) is 16.8 Å². The van der Waals surface area contributed by atoms with Gasteiger partial charge in [-0.1, -0.05) is 12.1 Å². The van der Waals surface area contributed by atoms with Crippen molar-refractivity contribution in [3.63, 3.8) is 0 Å². The van der Waals surface area contributed by atoms with Crippen LogP contribution < -0.4 is 10.6 Å². The van der Waals surface area contributed by atoms with Crippen molar-refractivity contribution in [2.24, 2.45) is 7.05 Å². The van der Waals surface area contributed by atoms with E-state index in [9.17, 15) is 18.0 Å². The third-order valence-electron chi connectivity index (χ3n) is 3.33. The molecule has 0 saturated heterocycles. The van der Waals surface area contributed by atoms with Gasteiger partial charge in [0.25, 0.3) is 0 Å². The summed E-state index contributed by atoms with van der Waals surface area (Å²) in [7, 11) is 1.78. The minimum absolute atomic E-state index is 0.335. The highest BCUT2D eigenvalue weighted by Crippen LogP contribution is 2.29. The molecule has 0 aliphatic heterocycles. The van der Waals surface area contributed by atoms with E-state index in [1.54, 1.807) is 24.0 Å². The number of aryl methyl sites for hydroxylation is 1. The molecule has 0 unspecified atom stereocenters. The number of urea groups is 1. The largest absolute Gasteiger partial charge is 0.416 e. The van der Waals surface area contributed by atoms with E-state index in [1.165, 1.54) is 12.1 Å². The lowest BCUT2D eigenvalue weighted by molar-refractivity contribution is -0.137. The van der Waals surface area contributed by atoms with E-state index in [-0.39, 0.29) is 6.03 Å². The summed E-state index contributed by atoms with van der Waals surface area (Å²) in [5.41, 5.74) is 0.913. The molecule has 2 amide bonds. The van der Waals surface area contributed by atoms with Gasteiger partial charge in [0.15, 0.2) is 0 Å². The number of carbonyl (C=O) groups is 1. The third kappa shape index (κ3) is 5.01. The Hall–Kier alpha value is -2.51. The van der Waals surface area contributed by atoms with Gasteiger partial charge in [0.2, 0.25) is 0 Å². The maximum absolute atomic E-state index is 12.4. The van der Waals surface area contributed by atoms with E-state index >= 15 is 0 Å². The first-order chi connectivity index (χ1) is 10.9. The highest BCUT2D eigenvalue weighted by Gasteiger charge is 2.29. The molecule has 0 fully saturated rings. The van der Waals surface area contributed by atoms with Crippen molar-refractivity contribution in [3.8, 4) is 0 Å². The smallest absolute Gasteiger partial charge is 0.338 e. The second kappa shape index (κ2) is 7.17. The number of nitrogens with one attached hydrogen (secondary N) is 2. The molecule has 8 heteroatoms. The fraction of sp³-hybridized carbons (Fsp3) is 0.333. The Kier molecular flexibility index (Phi) is 5.25. The second-order valence-electron chi connectivity index (χ2n) is 5.00. The van der Waals surface area contributed by atoms with Gasteiger partial charge in [0, 0.05) is 19.8 Å². The summed E-state index contributed by atoms with van der Waals surface area (Å²) in [5, 5.41) is 9.32. The first-order valence-electron chi connectivity index (χ1n) is 7.01. The Labute approximate surface area is 131 Å². The number of alkyl halides is 3. The van der Waals surface area contributed by atoms with Gasteiger partial charge in [-0.15, -0.1) is 0 Å². The zero-order chi connectivity index (χ0) is 16.9. The highest BCUT2D eigenvalue weighted by molar-refractivity contribution is 5.73. The Morgan fingerprint density at radius 3 is 2.43 bits per heavy atom. The van der Waals surface area contributed by atoms with Crippen LogP contribution in [0.15, 0.2) is 36.5 Å². The molecule has 2 N–H and O–H groups in total. The Morgan fingerprint density at radius 2 is 1.87 bits per heavy atom. The molecule has 5 nitrogen and oxygen atoms in total. The second-order valence-corrected chi connectivity index (χ2v) is 5.00. The van der Waals surface area contributed by atoms with E-state index < -0.39 is 11.7 Å². The number of benzene rings is 1. The van der Waals surface area contributed by atoms with Gasteiger partial charge >= 0.3 is 12.2 Å². The average molecular weight is 326 g/mol. The molecule has 0 spiro atoms. The van der Waals surface area contributed by atoms with Crippen LogP contribution in [0.5, 0.6) is 0 Å². The summed E-state index contributed by atoms with van der Waals surface area (Å²) in [5.74, 6) is 0. The molecule has 0 bridgehead atoms. The summed E-state index contributed by atoms with van der Waals surface area (Å²) >= 11 is 0. The molecule has 0 aliphatic carbocycles. The molecular weight excluding hydrogens is 309 g/mol. The number of carbonyl (C=O) groups excluding carboxylic acids is 1. The van der Waals surface area contributed by atoms with Crippen LogP contribution in [-0.2, 0) is 26.2 Å². The average Bonchev–Trinajstić information content (AvgIpc) is 2.90. The van der Waals surface area contributed by atoms with Crippen molar-refractivity contribution in [3.05, 3.63) is 53.3 Å². The van der Waals surface area contributed by atoms with Crippen molar-refractivity contribution < 1.29 is 18.0 Å². The highest BCUT2D eigenvalue weighted by atomic mass is 19.4. The maximum Gasteiger partial charge on any atom is 0.416 e. The molecule has 23 heavy (non-hydrogen) atoms. The van der Waals surface area contributed by atoms with Crippen molar-refractivity contribution in [1.82, 2.24) is 20.4 Å². The van der Waals surface area contributed by atoms with E-state index in [0.29, 0.717) is 19.5 Å². The fourth-order valence-corrected chi connectivity index (χ4v) is 1.99. The molecule has 1 heterocycles. The normalized spacial score (nSPS) is 11.3. The molecule has 1 aromatic heterocycles. The maximum atomic E-state index is 12.4. The molecule has 0 atom stereocenters. The van der Waals surface area contributed by atoms with Crippen LogP contribution in [-0.4, -0.2) is 22.4 Å². The van der Waals surface area contributed by atoms with Crippen molar-refractivity contribution in [1.29, 1.82) is 0 Å². The predicted molar refractivity (Wildman–Crippen MR) is 78.6 cm³/mol. The van der Waals surface area contributed by atoms with Crippen LogP contribution in [0.4, 0.5) is 18.0 Å². The van der Waals surface area contributed by atoms with Gasteiger partial charge in [0.05, 0.1) is 17.8 Å². The number of hydrogen-bond acceptors (Lipinski definition) is 2. The lowest BCUT2D eigenvalue weighted by atomic mass is 10.1. The monoisotopic (exact) mass is 326 g/mol. The SMILES string of the molecule is Cn1nccc1CNC(=O)NCCc1ccc(C(F)(F)F)cc1. The number of nitrogens with zero attached hydrogens (tertiary/aromatic N) is 2. The van der Waals surface area contributed by atoms with Crippen LogP contribution in [0, 0.1) is 0 Å². The molecule has 124 valence electrons. The van der Waals surface area contributed by atoms with Crippen molar-refractivity contribution in [2.75, 3.05) is 6.54 Å². The topological polar surface area (TPSA) is 59.0 Å². The number of rotatable bonds is 5. The third-order valence-corrected chi connectivity index (χ3v) is 3.33. The first-order valence-corrected chi connectivity index (χ1v) is 7.01. The fourth-order valence-electron chi connectivity index (χ4n) is 1.99. The molecule has 0 aliphatic rings. The van der Waals surface area contributed by atoms with Crippen molar-refractivity contribution >= 4 is 6.03 Å². The summed E-state index contributed by atoms with van der Waals surface area (Å²) in [4.78, 5) is 11.6. The lowest BCUT2D eigenvalue weighted by Gasteiger charge is -2.09. The number of hydrogen-bond donors (Lipinski definition) is 2. The van der Waals surface area contributed by atoms with Gasteiger partial charge in [-0.05, 0) is 30.2 Å². The van der Waals surface area contributed by atoms with Gasteiger partial charge in [-0.3, -0.25) is 4.68 Å². The predicted octanol–water partition coefficient (Wildman–Crippen LogP) is 2.48. The van der Waals surface area contributed by atoms with Crippen LogP contribution in [0.25, 0.3) is 0 Å². The van der Waals surface area contributed by atoms with Crippen LogP contribution >= 0.6 is 0 Å². The summed E-state index contributed by atoms with van der Waals surface area (Å²) in [6, 6.07) is 6.37. The molecule has 1 aromatic carbocycles. The summed E-state index contributed by atoms with van der Waals surface area (Å²) in [6.07, 6.45) is -2.24. The van der Waals surface area contributed by atoms with Gasteiger partial charge in [-0.2, -0.15) is 18.3 Å². The Morgan fingerprint density at radius 1 is 1.17 bits per heavy atom. The standard InChI is InChI=1S/C15H17F3N4O/c1-22-13(7-9-21-22)10-20-14(23)19-8-6-11-2-4-12(5-3-11)15(16,17)18/h2-5,7,9H,6,8,10H2,1H3,(H2,19,20,23). The number of aromatic nitrogens is 2. The zero-order valence-electron chi connectivity index (χ0n) is 12.5. The molecule has 2 aromatic rings. The number of amides is 2. The molecular formula is C15H17F3N4O. The van der Waals surface area contributed by atoms with Gasteiger partial charge < -0.3 is 10.6 Å². The summed E-state index contributed by atoms with van der Waals surface area (Å²) < 4.78 is 39.0. The Bertz CT molecular complexity index is 649. The quantitative estimate of drug-likeness (QED) is 0.887. The molecule has 0 radical (unpaired) electrons. The van der Waals surface area contributed by atoms with Gasteiger partial charge in [-0.25, -0.2) is 4.79 Å². The van der Waals surface area contributed by atoms with E-state index in [2.05, 4.69) is 15.7 Å². The minimum atomic E-state index is -4.33.